The fourth-order valence-corrected chi connectivity index (χ4v) is 10.2. The number of amides is 8. The van der Waals surface area contributed by atoms with E-state index in [0.717, 1.165) is 37.8 Å². The first kappa shape index (κ1) is 95.6. The Labute approximate surface area is 619 Å². The molecule has 104 heavy (non-hydrogen) atoms. The van der Waals surface area contributed by atoms with Crippen LogP contribution in [0.1, 0.15) is 219 Å². The van der Waals surface area contributed by atoms with Crippen molar-refractivity contribution in [1.82, 2.24) is 37.4 Å². The molecule has 29 nitrogen and oxygen atoms in total. The standard InChI is InChI=1S/C75H132N8O21/c1-5-7-9-11-13-15-17-19-21-23-25-30-40-102-60-64(103-41-31-26-24-22-20-18-16-14-12-10-8-6-2)59-78-69(86)35-34-65(74(91)92)81-70(87)38-42-94-44-46-96-48-50-98-52-54-100-56-57-101-55-53-99-51-49-97-47-45-95-43-39-77-68(85)36-37-71(88)82-83-73(90)62(4)79-72(89)61(3)80-75(93)104-66(58-67(76)84)63-32-28-27-29-33-63/h27-29,32-33,36-37,61-62,64-66H,5-26,30-31,34-35,38-60H2,1-4H3,(H2,76,84)(H,77,85)(H,78,86)(H,79,89)(H,80,93)(H,81,87)(H,82,88)(H,83,90)(H,91,92)/b37-36+/t61-,62-,64?,65-,66?/m0/s1. The topological polar surface area (TPSA) is 386 Å². The Balaban J connectivity index is 2.06. The first-order valence-electron chi connectivity index (χ1n) is 38.3. The Morgan fingerprint density at radius 3 is 1.35 bits per heavy atom. The minimum absolute atomic E-state index is 0.0496. The van der Waals surface area contributed by atoms with E-state index in [4.69, 9.17) is 57.8 Å². The molecule has 0 spiro atoms. The number of hydrazine groups is 1. The molecule has 5 atom stereocenters. The van der Waals surface area contributed by atoms with Crippen LogP contribution >= 0.6 is 0 Å². The minimum atomic E-state index is -1.22. The van der Waals surface area contributed by atoms with Crippen LogP contribution in [0.5, 0.6) is 0 Å². The van der Waals surface area contributed by atoms with Crippen LogP contribution in [-0.2, 0) is 90.5 Å². The first-order chi connectivity index (χ1) is 50.6. The average molecular weight is 1480 g/mol. The molecule has 1 aromatic carbocycles. The number of carbonyl (C=O) groups is 9. The van der Waals surface area contributed by atoms with Gasteiger partial charge in [-0.25, -0.2) is 9.59 Å². The largest absolute Gasteiger partial charge is 0.480 e. The summed E-state index contributed by atoms with van der Waals surface area (Å²) >= 11 is 0. The van der Waals surface area contributed by atoms with Crippen molar-refractivity contribution >= 4 is 53.4 Å². The lowest BCUT2D eigenvalue weighted by molar-refractivity contribution is -0.142. The number of unbranched alkanes of at least 4 members (excludes halogenated alkanes) is 22. The van der Waals surface area contributed by atoms with Crippen molar-refractivity contribution in [2.75, 3.05) is 139 Å². The number of nitrogens with two attached hydrogens (primary N) is 1. The molecular formula is C75H132N8O21. The first-order valence-corrected chi connectivity index (χ1v) is 38.3. The number of carbonyl (C=O) groups excluding carboxylic acids is 8. The zero-order chi connectivity index (χ0) is 76.0. The Morgan fingerprint density at radius 1 is 0.442 bits per heavy atom. The summed E-state index contributed by atoms with van der Waals surface area (Å²) in [6.45, 7) is 14.2. The normalized spacial score (nSPS) is 12.8. The third kappa shape index (κ3) is 60.8. The maximum Gasteiger partial charge on any atom is 0.408 e. The van der Waals surface area contributed by atoms with Gasteiger partial charge in [-0.15, -0.1) is 0 Å². The van der Waals surface area contributed by atoms with Gasteiger partial charge in [-0.2, -0.15) is 0 Å². The number of primary amides is 1. The number of carboxylic acids is 1. The second-order valence-electron chi connectivity index (χ2n) is 25.5. The minimum Gasteiger partial charge on any atom is -0.480 e. The molecule has 29 heteroatoms. The van der Waals surface area contributed by atoms with Crippen LogP contribution in [-0.4, -0.2) is 221 Å². The molecule has 0 heterocycles. The summed E-state index contributed by atoms with van der Waals surface area (Å²) < 4.78 is 61.6. The van der Waals surface area contributed by atoms with Crippen molar-refractivity contribution in [1.29, 1.82) is 0 Å². The lowest BCUT2D eigenvalue weighted by atomic mass is 10.1. The van der Waals surface area contributed by atoms with Crippen LogP contribution in [0.2, 0.25) is 0 Å². The maximum absolute atomic E-state index is 12.9. The molecule has 598 valence electrons. The van der Waals surface area contributed by atoms with Gasteiger partial charge in [-0.05, 0) is 38.7 Å². The Bertz CT molecular complexity index is 2380. The molecule has 10 N–H and O–H groups in total. The fraction of sp³-hybridized carbons (Fsp3) is 0.773. The highest BCUT2D eigenvalue weighted by Crippen LogP contribution is 2.21. The van der Waals surface area contributed by atoms with E-state index in [-0.39, 0.29) is 83.8 Å². The van der Waals surface area contributed by atoms with Crippen molar-refractivity contribution in [2.45, 2.75) is 238 Å². The van der Waals surface area contributed by atoms with E-state index in [1.807, 2.05) is 0 Å². The highest BCUT2D eigenvalue weighted by atomic mass is 16.6. The molecule has 0 radical (unpaired) electrons. The summed E-state index contributed by atoms with van der Waals surface area (Å²) in [5.74, 6) is -5.69. The van der Waals surface area contributed by atoms with Crippen LogP contribution < -0.4 is 43.2 Å². The highest BCUT2D eigenvalue weighted by Gasteiger charge is 2.26. The number of aliphatic carboxylic acids is 1. The third-order valence-electron chi connectivity index (χ3n) is 16.2. The summed E-state index contributed by atoms with van der Waals surface area (Å²) in [5.41, 5.74) is 10.0. The van der Waals surface area contributed by atoms with Crippen LogP contribution in [0, 0.1) is 0 Å². The van der Waals surface area contributed by atoms with Gasteiger partial charge in [-0.3, -0.25) is 44.4 Å². The lowest BCUT2D eigenvalue weighted by Crippen LogP contribution is -2.54. The molecule has 0 aliphatic rings. The summed E-state index contributed by atoms with van der Waals surface area (Å²) in [5, 5.41) is 22.5. The zero-order valence-electron chi connectivity index (χ0n) is 63.3. The number of carboxylic acid groups (broad SMARTS) is 1. The van der Waals surface area contributed by atoms with E-state index < -0.39 is 71.7 Å². The highest BCUT2D eigenvalue weighted by molar-refractivity contribution is 5.98. The van der Waals surface area contributed by atoms with Crippen LogP contribution in [0.3, 0.4) is 0 Å². The number of hydrogen-bond acceptors (Lipinski definition) is 20. The zero-order valence-corrected chi connectivity index (χ0v) is 63.3. The molecule has 0 aliphatic heterocycles. The van der Waals surface area contributed by atoms with Crippen molar-refractivity contribution in [2.24, 2.45) is 5.73 Å². The number of alkyl carbamates (subject to hydrolysis) is 1. The molecule has 1 aromatic rings. The predicted molar refractivity (Wildman–Crippen MR) is 394 cm³/mol. The summed E-state index contributed by atoms with van der Waals surface area (Å²) in [4.78, 5) is 111. The molecule has 2 unspecified atom stereocenters. The van der Waals surface area contributed by atoms with Gasteiger partial charge in [0.1, 0.15) is 24.2 Å². The second kappa shape index (κ2) is 69.6. The van der Waals surface area contributed by atoms with Gasteiger partial charge in [0.15, 0.2) is 0 Å². The molecule has 0 saturated carbocycles. The number of hydrogen-bond donors (Lipinski definition) is 9. The van der Waals surface area contributed by atoms with E-state index in [1.54, 1.807) is 30.3 Å². The van der Waals surface area contributed by atoms with Gasteiger partial charge in [-0.1, -0.05) is 185 Å². The molecule has 0 saturated heterocycles. The second-order valence-corrected chi connectivity index (χ2v) is 25.5. The smallest absolute Gasteiger partial charge is 0.408 e. The summed E-state index contributed by atoms with van der Waals surface area (Å²) in [7, 11) is 0. The number of nitrogens with one attached hydrogen (secondary N) is 7. The van der Waals surface area contributed by atoms with E-state index in [0.29, 0.717) is 98.1 Å². The van der Waals surface area contributed by atoms with Crippen molar-refractivity contribution in [3.05, 3.63) is 48.0 Å². The van der Waals surface area contributed by atoms with Gasteiger partial charge in [0.2, 0.25) is 29.5 Å². The Morgan fingerprint density at radius 2 is 0.875 bits per heavy atom. The molecule has 0 bridgehead atoms. The van der Waals surface area contributed by atoms with Gasteiger partial charge in [0.05, 0.1) is 125 Å². The Kier molecular flexibility index (Phi) is 64.0. The van der Waals surface area contributed by atoms with Crippen molar-refractivity contribution in [3.63, 3.8) is 0 Å². The average Bonchev–Trinajstić information content (AvgIpc) is 0.883. The number of rotatable bonds is 73. The maximum atomic E-state index is 12.9. The molecule has 0 aliphatic carbocycles. The van der Waals surface area contributed by atoms with E-state index in [2.05, 4.69) is 51.3 Å². The van der Waals surface area contributed by atoms with E-state index >= 15 is 0 Å². The lowest BCUT2D eigenvalue weighted by Gasteiger charge is -2.21. The molecule has 0 fully saturated rings. The van der Waals surface area contributed by atoms with Gasteiger partial charge in [0.25, 0.3) is 11.8 Å². The van der Waals surface area contributed by atoms with E-state index in [1.165, 1.54) is 142 Å². The molecule has 1 rings (SSSR count). The summed E-state index contributed by atoms with van der Waals surface area (Å²) in [6, 6.07) is 4.91. The summed E-state index contributed by atoms with van der Waals surface area (Å²) in [6.07, 6.45) is 29.5. The van der Waals surface area contributed by atoms with Gasteiger partial charge < -0.3 is 89.5 Å². The van der Waals surface area contributed by atoms with Crippen LogP contribution in [0.4, 0.5) is 4.79 Å². The molecule has 8 amide bonds. The SMILES string of the molecule is CCCCCCCCCCCCCCOCC(CNC(=O)CC[C@H](NC(=O)CCOCCOCCOCCOCCOCCOCCOCCOCCNC(=O)/C=C/C(=O)NNC(=O)[C@H](C)NC(=O)[C@H](C)NC(=O)OC(CC(N)=O)c1ccccc1)C(=O)O)OCCCCCCCCCCCCCC. The molecular weight excluding hydrogens is 1350 g/mol. The third-order valence-corrected chi connectivity index (χ3v) is 16.2. The number of benzene rings is 1. The quantitative estimate of drug-likeness (QED) is 0.0170. The van der Waals surface area contributed by atoms with Gasteiger partial charge in [0, 0.05) is 51.3 Å². The molecule has 0 aromatic heterocycles. The fourth-order valence-electron chi connectivity index (χ4n) is 10.2. The van der Waals surface area contributed by atoms with Crippen LogP contribution in [0.15, 0.2) is 42.5 Å². The van der Waals surface area contributed by atoms with Crippen LogP contribution in [0.25, 0.3) is 0 Å². The van der Waals surface area contributed by atoms with Gasteiger partial charge >= 0.3 is 12.1 Å². The Hall–Kier alpha value is -6.41. The van der Waals surface area contributed by atoms with Crippen molar-refractivity contribution in [3.8, 4) is 0 Å². The van der Waals surface area contributed by atoms with Crippen molar-refractivity contribution < 1.29 is 100 Å². The number of ether oxygens (including phenoxy) is 11. The predicted octanol–water partition coefficient (Wildman–Crippen LogP) is 7.84. The monoisotopic (exact) mass is 1480 g/mol. The van der Waals surface area contributed by atoms with E-state index in [9.17, 15) is 48.3 Å².